The first-order valence-corrected chi connectivity index (χ1v) is 13.8. The van der Waals surface area contributed by atoms with Gasteiger partial charge in [0.25, 0.3) is 0 Å². The van der Waals surface area contributed by atoms with E-state index < -0.39 is 5.60 Å². The highest BCUT2D eigenvalue weighted by Crippen LogP contribution is 2.39. The van der Waals surface area contributed by atoms with Crippen molar-refractivity contribution in [3.8, 4) is 28.0 Å². The van der Waals surface area contributed by atoms with Crippen molar-refractivity contribution in [2.24, 2.45) is 5.92 Å². The zero-order chi connectivity index (χ0) is 27.4. The molecule has 0 saturated carbocycles. The second-order valence-corrected chi connectivity index (χ2v) is 12.1. The summed E-state index contributed by atoms with van der Waals surface area (Å²) in [5.74, 6) is 1.65. The summed E-state index contributed by atoms with van der Waals surface area (Å²) in [7, 11) is 0. The molecule has 1 atom stereocenters. The molecular formula is C36H41NO. The van der Waals surface area contributed by atoms with E-state index in [1.165, 1.54) is 68.5 Å². The van der Waals surface area contributed by atoms with E-state index in [-0.39, 0.29) is 0 Å². The van der Waals surface area contributed by atoms with E-state index in [4.69, 9.17) is 10.5 Å². The molecule has 4 aromatic rings. The third-order valence-electron chi connectivity index (χ3n) is 8.45. The van der Waals surface area contributed by atoms with Gasteiger partial charge in [0.1, 0.15) is 11.4 Å². The monoisotopic (exact) mass is 503 g/mol. The van der Waals surface area contributed by atoms with Crippen molar-refractivity contribution in [2.75, 3.05) is 5.73 Å². The van der Waals surface area contributed by atoms with E-state index >= 15 is 0 Å². The van der Waals surface area contributed by atoms with Crippen molar-refractivity contribution in [2.45, 2.75) is 73.8 Å². The third kappa shape index (κ3) is 4.85. The molecule has 1 aliphatic carbocycles. The van der Waals surface area contributed by atoms with Crippen LogP contribution >= 0.6 is 0 Å². The number of nitrogen functional groups attached to an aromatic ring is 1. The topological polar surface area (TPSA) is 35.2 Å². The second-order valence-electron chi connectivity index (χ2n) is 12.1. The number of fused-ring (bicyclic) bond motifs is 1. The van der Waals surface area contributed by atoms with Crippen LogP contribution in [0.2, 0.25) is 0 Å². The minimum Gasteiger partial charge on any atom is -0.483 e. The van der Waals surface area contributed by atoms with Gasteiger partial charge in [-0.15, -0.1) is 0 Å². The van der Waals surface area contributed by atoms with Crippen molar-refractivity contribution in [3.63, 3.8) is 0 Å². The molecule has 38 heavy (non-hydrogen) atoms. The fourth-order valence-corrected chi connectivity index (χ4v) is 6.49. The molecule has 2 nitrogen and oxygen atoms in total. The lowest BCUT2D eigenvalue weighted by atomic mass is 9.86. The van der Waals surface area contributed by atoms with Crippen LogP contribution < -0.4 is 10.5 Å². The molecule has 1 aliphatic rings. The van der Waals surface area contributed by atoms with Gasteiger partial charge >= 0.3 is 0 Å². The Hall–Kier alpha value is -3.52. The quantitative estimate of drug-likeness (QED) is 0.276. The maximum atomic E-state index is 6.67. The molecule has 0 spiro atoms. The summed E-state index contributed by atoms with van der Waals surface area (Å²) in [6, 6.07) is 22.2. The first kappa shape index (κ1) is 26.1. The van der Waals surface area contributed by atoms with Crippen molar-refractivity contribution in [1.82, 2.24) is 0 Å². The lowest BCUT2D eigenvalue weighted by Crippen LogP contribution is -2.27. The Morgan fingerprint density at radius 1 is 0.684 bits per heavy atom. The minimum absolute atomic E-state index is 0.471. The Morgan fingerprint density at radius 3 is 1.89 bits per heavy atom. The minimum atomic E-state index is -0.471. The van der Waals surface area contributed by atoms with Crippen LogP contribution in [0.25, 0.3) is 22.3 Å². The van der Waals surface area contributed by atoms with E-state index in [1.54, 1.807) is 0 Å². The maximum absolute atomic E-state index is 6.67. The number of hydrogen-bond donors (Lipinski definition) is 1. The van der Waals surface area contributed by atoms with Gasteiger partial charge in [0.15, 0.2) is 0 Å². The van der Waals surface area contributed by atoms with Gasteiger partial charge in [-0.1, -0.05) is 49.4 Å². The van der Waals surface area contributed by atoms with Gasteiger partial charge in [-0.3, -0.25) is 0 Å². The number of ether oxygens (including phenoxy) is 1. The molecule has 0 aliphatic heterocycles. The Balaban J connectivity index is 1.45. The van der Waals surface area contributed by atoms with Gasteiger partial charge in [-0.05, 0) is 141 Å². The van der Waals surface area contributed by atoms with E-state index in [2.05, 4.69) is 116 Å². The third-order valence-corrected chi connectivity index (χ3v) is 8.45. The Kier molecular flexibility index (Phi) is 6.63. The number of benzene rings is 4. The Bertz CT molecular complexity index is 1500. The molecule has 2 N–H and O–H groups in total. The van der Waals surface area contributed by atoms with Crippen molar-refractivity contribution >= 4 is 5.69 Å². The molecular weight excluding hydrogens is 462 g/mol. The van der Waals surface area contributed by atoms with Crippen LogP contribution in [0.15, 0.2) is 60.7 Å². The second kappa shape index (κ2) is 9.66. The van der Waals surface area contributed by atoms with E-state index in [0.29, 0.717) is 0 Å². The Morgan fingerprint density at radius 2 is 1.26 bits per heavy atom. The molecule has 0 aromatic heterocycles. The molecule has 4 aromatic carbocycles. The summed E-state index contributed by atoms with van der Waals surface area (Å²) in [6.45, 7) is 17.5. The molecule has 0 amide bonds. The van der Waals surface area contributed by atoms with Crippen LogP contribution in [0.4, 0.5) is 5.69 Å². The average Bonchev–Trinajstić information content (AvgIpc) is 3.20. The maximum Gasteiger partial charge on any atom is 0.129 e. The predicted molar refractivity (Wildman–Crippen MR) is 162 cm³/mol. The summed E-state index contributed by atoms with van der Waals surface area (Å²) < 4.78 is 6.61. The van der Waals surface area contributed by atoms with Gasteiger partial charge < -0.3 is 10.5 Å². The highest BCUT2D eigenvalue weighted by atomic mass is 16.5. The van der Waals surface area contributed by atoms with Crippen LogP contribution in [0.5, 0.6) is 5.75 Å². The smallest absolute Gasteiger partial charge is 0.129 e. The highest BCUT2D eigenvalue weighted by molar-refractivity contribution is 5.82. The zero-order valence-electron chi connectivity index (χ0n) is 24.3. The summed E-state index contributed by atoms with van der Waals surface area (Å²) in [5.41, 5.74) is 22.1. The Labute approximate surface area is 228 Å². The van der Waals surface area contributed by atoms with Crippen LogP contribution in [-0.2, 0) is 18.4 Å². The standard InChI is InChI=1S/C36H41NO/c1-21-13-27-9-10-28(19-30(27)14-21)29-11-12-33(34(37)20-29)31-15-24(4)35(25(5)16-31)36(7,8)38-32-17-22(2)26(6)23(3)18-32/h9-12,15-21H,13-14,37H2,1-8H3. The molecule has 5 rings (SSSR count). The summed E-state index contributed by atoms with van der Waals surface area (Å²) >= 11 is 0. The molecule has 0 radical (unpaired) electrons. The van der Waals surface area contributed by atoms with E-state index in [9.17, 15) is 0 Å². The SMILES string of the molecule is Cc1cc(OC(C)(C)c2c(C)cc(-c3ccc(-c4ccc5c(c4)CC(C)C5)cc3N)cc2C)cc(C)c1C. The van der Waals surface area contributed by atoms with Gasteiger partial charge in [0.2, 0.25) is 0 Å². The molecule has 0 heterocycles. The number of anilines is 1. The normalized spacial score (nSPS) is 15.0. The first-order chi connectivity index (χ1) is 17.9. The van der Waals surface area contributed by atoms with Crippen molar-refractivity contribution < 1.29 is 4.74 Å². The van der Waals surface area contributed by atoms with Crippen molar-refractivity contribution in [3.05, 3.63) is 105 Å². The molecule has 1 unspecified atom stereocenters. The number of nitrogens with two attached hydrogens (primary N) is 1. The lowest BCUT2D eigenvalue weighted by molar-refractivity contribution is 0.107. The fourth-order valence-electron chi connectivity index (χ4n) is 6.49. The molecule has 0 fully saturated rings. The number of rotatable bonds is 5. The summed E-state index contributed by atoms with van der Waals surface area (Å²) in [6.07, 6.45) is 2.36. The zero-order valence-corrected chi connectivity index (χ0v) is 24.3. The van der Waals surface area contributed by atoms with Crippen LogP contribution in [0, 0.1) is 40.5 Å². The van der Waals surface area contributed by atoms with E-state index in [1.807, 2.05) is 0 Å². The lowest BCUT2D eigenvalue weighted by Gasteiger charge is -2.31. The molecule has 2 heteroatoms. The van der Waals surface area contributed by atoms with Crippen LogP contribution in [-0.4, -0.2) is 0 Å². The first-order valence-electron chi connectivity index (χ1n) is 13.8. The predicted octanol–water partition coefficient (Wildman–Crippen LogP) is 9.19. The summed E-state index contributed by atoms with van der Waals surface area (Å²) in [4.78, 5) is 0. The van der Waals surface area contributed by atoms with Gasteiger partial charge in [-0.2, -0.15) is 0 Å². The fraction of sp³-hybridized carbons (Fsp3) is 0.333. The molecule has 196 valence electrons. The van der Waals surface area contributed by atoms with Crippen LogP contribution in [0.1, 0.15) is 65.3 Å². The summed E-state index contributed by atoms with van der Waals surface area (Å²) in [5, 5.41) is 0. The van der Waals surface area contributed by atoms with Gasteiger partial charge in [0, 0.05) is 16.8 Å². The average molecular weight is 504 g/mol. The van der Waals surface area contributed by atoms with Crippen molar-refractivity contribution in [1.29, 1.82) is 0 Å². The van der Waals surface area contributed by atoms with Gasteiger partial charge in [0.05, 0.1) is 0 Å². The molecule has 0 saturated heterocycles. The number of aryl methyl sites for hydroxylation is 4. The molecule has 0 bridgehead atoms. The highest BCUT2D eigenvalue weighted by Gasteiger charge is 2.28. The number of hydrogen-bond acceptors (Lipinski definition) is 2. The van der Waals surface area contributed by atoms with Crippen LogP contribution in [0.3, 0.4) is 0 Å². The van der Waals surface area contributed by atoms with Gasteiger partial charge in [-0.25, -0.2) is 0 Å². The van der Waals surface area contributed by atoms with E-state index in [0.717, 1.165) is 28.5 Å². The largest absolute Gasteiger partial charge is 0.483 e.